The van der Waals surface area contributed by atoms with Crippen LogP contribution in [0.1, 0.15) is 58.5 Å². The van der Waals surface area contributed by atoms with Gasteiger partial charge in [-0.1, -0.05) is 59.7 Å². The number of azo groups is 1. The number of nitrogens with two attached hydrogens (primary N) is 1. The monoisotopic (exact) mass is 390 g/mol. The largest absolute Gasteiger partial charge is 0.382 e. The van der Waals surface area contributed by atoms with Crippen LogP contribution in [0, 0.1) is 11.3 Å². The molecule has 0 saturated heterocycles. The second kappa shape index (κ2) is 7.17. The highest BCUT2D eigenvalue weighted by Gasteiger charge is 2.28. The Balaban J connectivity index is 2.12. The van der Waals surface area contributed by atoms with Crippen molar-refractivity contribution in [2.45, 2.75) is 52.4 Å². The highest BCUT2D eigenvalue weighted by Crippen LogP contribution is 2.38. The van der Waals surface area contributed by atoms with E-state index >= 15 is 0 Å². The van der Waals surface area contributed by atoms with Gasteiger partial charge in [0.1, 0.15) is 11.6 Å². The molecule has 0 fully saturated rings. The van der Waals surface area contributed by atoms with Gasteiger partial charge in [0.2, 0.25) is 5.82 Å². The average molecular weight is 390 g/mol. The number of rotatable bonds is 3. The third-order valence-corrected chi connectivity index (χ3v) is 4.46. The normalized spacial score (nSPS) is 12.4. The van der Waals surface area contributed by atoms with Crippen LogP contribution in [-0.2, 0) is 10.8 Å². The summed E-state index contributed by atoms with van der Waals surface area (Å²) < 4.78 is 1.66. The molecule has 2 heterocycles. The van der Waals surface area contributed by atoms with Gasteiger partial charge in [0.25, 0.3) is 0 Å². The number of nitrogens with one attached hydrogen (secondary N) is 1. The molecule has 0 aliphatic rings. The second-order valence-corrected chi connectivity index (χ2v) is 8.94. The molecule has 2 aromatic heterocycles. The first-order valence-electron chi connectivity index (χ1n) is 9.39. The Morgan fingerprint density at radius 1 is 1.03 bits per heavy atom. The lowest BCUT2D eigenvalue weighted by Gasteiger charge is -2.15. The summed E-state index contributed by atoms with van der Waals surface area (Å²) in [4.78, 5) is 0. The highest BCUT2D eigenvalue weighted by atomic mass is 15.3. The summed E-state index contributed by atoms with van der Waals surface area (Å²) in [5.41, 5.74) is 8.96. The van der Waals surface area contributed by atoms with Gasteiger partial charge in [-0.25, -0.2) is 4.68 Å². The van der Waals surface area contributed by atoms with Crippen LogP contribution in [0.25, 0.3) is 5.69 Å². The number of hydrogen-bond acceptors (Lipinski definition) is 6. The molecule has 0 aliphatic heterocycles. The van der Waals surface area contributed by atoms with Crippen molar-refractivity contribution in [3.63, 3.8) is 0 Å². The Labute approximate surface area is 170 Å². The molecule has 29 heavy (non-hydrogen) atoms. The molecule has 0 amide bonds. The molecule has 0 bridgehead atoms. The minimum absolute atomic E-state index is 0.240. The van der Waals surface area contributed by atoms with Gasteiger partial charge in [0.05, 0.1) is 17.1 Å². The lowest BCUT2D eigenvalue weighted by molar-refractivity contribution is 0.561. The lowest BCUT2D eigenvalue weighted by atomic mass is 9.90. The van der Waals surface area contributed by atoms with Crippen LogP contribution >= 0.6 is 0 Å². The highest BCUT2D eigenvalue weighted by molar-refractivity contribution is 5.66. The van der Waals surface area contributed by atoms with Crippen molar-refractivity contribution in [1.29, 1.82) is 5.26 Å². The van der Waals surface area contributed by atoms with Gasteiger partial charge in [0, 0.05) is 10.8 Å². The molecule has 8 heteroatoms. The van der Waals surface area contributed by atoms with Gasteiger partial charge in [-0.2, -0.15) is 15.5 Å². The smallest absolute Gasteiger partial charge is 0.213 e. The fourth-order valence-electron chi connectivity index (χ4n) is 2.94. The third-order valence-electron chi connectivity index (χ3n) is 4.46. The van der Waals surface area contributed by atoms with Crippen molar-refractivity contribution in [3.8, 4) is 11.8 Å². The number of anilines is 1. The fourth-order valence-corrected chi connectivity index (χ4v) is 2.94. The van der Waals surface area contributed by atoms with E-state index in [1.54, 1.807) is 4.68 Å². The maximum absolute atomic E-state index is 9.59. The summed E-state index contributed by atoms with van der Waals surface area (Å²) in [5.74, 6) is 0.624. The fraction of sp³-hybridized carbons (Fsp3) is 0.381. The molecule has 0 aliphatic carbocycles. The summed E-state index contributed by atoms with van der Waals surface area (Å²) in [5, 5.41) is 30.0. The van der Waals surface area contributed by atoms with E-state index in [1.165, 1.54) is 0 Å². The number of aromatic nitrogens is 4. The Morgan fingerprint density at radius 3 is 2.24 bits per heavy atom. The van der Waals surface area contributed by atoms with Crippen LogP contribution in [0.15, 0.2) is 40.6 Å². The molecule has 0 spiro atoms. The molecule has 150 valence electrons. The second-order valence-electron chi connectivity index (χ2n) is 8.94. The molecular weight excluding hydrogens is 364 g/mol. The number of nitrogen functional groups attached to an aromatic ring is 1. The molecule has 8 nitrogen and oxygen atoms in total. The Hall–Kier alpha value is -3.47. The molecular formula is C21H26N8. The molecule has 3 N–H and O–H groups in total. The zero-order valence-corrected chi connectivity index (χ0v) is 17.6. The topological polar surface area (TPSA) is 121 Å². The Kier molecular flexibility index (Phi) is 5.01. The number of para-hydroxylation sites is 1. The minimum atomic E-state index is -0.303. The molecule has 1 aromatic carbocycles. The summed E-state index contributed by atoms with van der Waals surface area (Å²) in [6.07, 6.45) is 0. The van der Waals surface area contributed by atoms with Crippen LogP contribution < -0.4 is 5.73 Å². The first kappa shape index (κ1) is 20.3. The maximum atomic E-state index is 9.59. The van der Waals surface area contributed by atoms with Gasteiger partial charge in [-0.15, -0.1) is 10.2 Å². The van der Waals surface area contributed by atoms with Crippen LogP contribution in [0.5, 0.6) is 0 Å². The summed E-state index contributed by atoms with van der Waals surface area (Å²) in [6.45, 7) is 12.1. The van der Waals surface area contributed by atoms with Crippen molar-refractivity contribution >= 4 is 17.3 Å². The number of nitriles is 1. The predicted molar refractivity (Wildman–Crippen MR) is 113 cm³/mol. The van der Waals surface area contributed by atoms with Crippen LogP contribution in [0.2, 0.25) is 0 Å². The van der Waals surface area contributed by atoms with E-state index in [9.17, 15) is 5.26 Å². The van der Waals surface area contributed by atoms with Gasteiger partial charge in [-0.3, -0.25) is 5.10 Å². The van der Waals surface area contributed by atoms with Gasteiger partial charge in [-0.05, 0) is 12.1 Å². The number of hydrogen-bond donors (Lipinski definition) is 2. The zero-order chi connectivity index (χ0) is 21.4. The van der Waals surface area contributed by atoms with Crippen molar-refractivity contribution in [2.24, 2.45) is 10.2 Å². The van der Waals surface area contributed by atoms with Crippen molar-refractivity contribution in [2.75, 3.05) is 5.73 Å². The van der Waals surface area contributed by atoms with E-state index in [0.717, 1.165) is 11.4 Å². The van der Waals surface area contributed by atoms with Crippen LogP contribution in [0.3, 0.4) is 0 Å². The van der Waals surface area contributed by atoms with E-state index < -0.39 is 0 Å². The van der Waals surface area contributed by atoms with Gasteiger partial charge >= 0.3 is 0 Å². The average Bonchev–Trinajstić information content (AvgIpc) is 3.21. The Morgan fingerprint density at radius 2 is 1.69 bits per heavy atom. The van der Waals surface area contributed by atoms with Crippen molar-refractivity contribution in [3.05, 3.63) is 47.3 Å². The van der Waals surface area contributed by atoms with E-state index in [0.29, 0.717) is 22.8 Å². The first-order chi connectivity index (χ1) is 13.5. The van der Waals surface area contributed by atoms with Crippen LogP contribution in [0.4, 0.5) is 17.3 Å². The third kappa shape index (κ3) is 3.90. The van der Waals surface area contributed by atoms with E-state index in [-0.39, 0.29) is 16.6 Å². The molecule has 3 aromatic rings. The number of nitrogens with zero attached hydrogens (tertiary/aromatic N) is 6. The maximum Gasteiger partial charge on any atom is 0.213 e. The molecule has 0 unspecified atom stereocenters. The summed E-state index contributed by atoms with van der Waals surface area (Å²) >= 11 is 0. The summed E-state index contributed by atoms with van der Waals surface area (Å²) in [7, 11) is 0. The number of H-pyrrole nitrogens is 1. The molecule has 0 radical (unpaired) electrons. The van der Waals surface area contributed by atoms with Gasteiger partial charge in [0.15, 0.2) is 11.5 Å². The van der Waals surface area contributed by atoms with Gasteiger partial charge < -0.3 is 5.73 Å². The standard InChI is InChI=1S/C21H26N8/c1-20(2,3)16-14(12-22)19(27-25-16)26-24-15-17(21(4,5)6)28-29(18(15)23)13-10-8-7-9-11-13/h7-11H,23H2,1-6H3,(H,25,27). The van der Waals surface area contributed by atoms with Crippen molar-refractivity contribution in [1.82, 2.24) is 20.0 Å². The Bertz CT molecular complexity index is 1080. The first-order valence-corrected chi connectivity index (χ1v) is 9.39. The number of aromatic amines is 1. The zero-order valence-electron chi connectivity index (χ0n) is 17.6. The summed E-state index contributed by atoms with van der Waals surface area (Å²) in [6, 6.07) is 11.8. The molecule has 3 rings (SSSR count). The predicted octanol–water partition coefficient (Wildman–Crippen LogP) is 5.06. The molecule has 0 atom stereocenters. The van der Waals surface area contributed by atoms with E-state index in [4.69, 9.17) is 10.8 Å². The SMILES string of the molecule is CC(C)(C)c1nn(-c2ccccc2)c(N)c1N=Nc1n[nH]c(C(C)(C)C)c1C#N. The minimum Gasteiger partial charge on any atom is -0.382 e. The lowest BCUT2D eigenvalue weighted by Crippen LogP contribution is -2.13. The van der Waals surface area contributed by atoms with E-state index in [2.05, 4.69) is 26.5 Å². The van der Waals surface area contributed by atoms with E-state index in [1.807, 2.05) is 71.9 Å². The molecule has 0 saturated carbocycles. The van der Waals surface area contributed by atoms with Crippen molar-refractivity contribution < 1.29 is 0 Å². The number of benzene rings is 1. The van der Waals surface area contributed by atoms with Crippen LogP contribution in [-0.4, -0.2) is 20.0 Å². The quantitative estimate of drug-likeness (QED) is 0.607.